The maximum Gasteiger partial charge on any atom is 0.0742 e. The molecule has 1 fully saturated rings. The summed E-state index contributed by atoms with van der Waals surface area (Å²) in [6.45, 7) is 6.83. The Morgan fingerprint density at radius 3 is 2.09 bits per heavy atom. The Hall–Kier alpha value is 0.0649. The summed E-state index contributed by atoms with van der Waals surface area (Å²) in [6, 6.07) is 0. The molecule has 0 spiro atoms. The van der Waals surface area contributed by atoms with Crippen molar-refractivity contribution in [3.63, 3.8) is 0 Å². The fourth-order valence-electron chi connectivity index (χ4n) is 1.97. The summed E-state index contributed by atoms with van der Waals surface area (Å²) in [5, 5.41) is 0.144. The molecule has 0 aromatic heterocycles. The first-order valence-corrected chi connectivity index (χ1v) is 4.80. The van der Waals surface area contributed by atoms with Crippen LogP contribution in [-0.4, -0.2) is 7.85 Å². The van der Waals surface area contributed by atoms with E-state index in [9.17, 15) is 0 Å². The second kappa shape index (κ2) is 3.20. The summed E-state index contributed by atoms with van der Waals surface area (Å²) in [5.41, 5.74) is 0. The van der Waals surface area contributed by atoms with E-state index in [0.29, 0.717) is 0 Å². The van der Waals surface area contributed by atoms with Crippen molar-refractivity contribution in [3.8, 4) is 0 Å². The van der Waals surface area contributed by atoms with Crippen molar-refractivity contribution in [2.45, 2.75) is 51.8 Å². The van der Waals surface area contributed by atoms with Crippen LogP contribution >= 0.6 is 0 Å². The van der Waals surface area contributed by atoms with Crippen LogP contribution in [0.1, 0.15) is 46.5 Å². The molecule has 1 rings (SSSR count). The Morgan fingerprint density at radius 2 is 1.73 bits per heavy atom. The van der Waals surface area contributed by atoms with E-state index in [-0.39, 0.29) is 5.31 Å². The molecule has 0 bridgehead atoms. The smallest absolute Gasteiger partial charge is 0.0688 e. The van der Waals surface area contributed by atoms with E-state index in [1.54, 1.807) is 0 Å². The highest BCUT2D eigenvalue weighted by atomic mass is 14.3. The highest BCUT2D eigenvalue weighted by Gasteiger charge is 2.27. The summed E-state index contributed by atoms with van der Waals surface area (Å²) < 4.78 is 0. The third-order valence-corrected chi connectivity index (χ3v) is 3.12. The first kappa shape index (κ1) is 9.16. The number of rotatable bonds is 1. The van der Waals surface area contributed by atoms with E-state index < -0.39 is 0 Å². The van der Waals surface area contributed by atoms with Gasteiger partial charge >= 0.3 is 0 Å². The Balaban J connectivity index is 2.36. The van der Waals surface area contributed by atoms with Crippen molar-refractivity contribution in [2.75, 3.05) is 0 Å². The summed E-state index contributed by atoms with van der Waals surface area (Å²) in [7, 11) is 6.04. The molecule has 1 heteroatoms. The van der Waals surface area contributed by atoms with Gasteiger partial charge in [0.15, 0.2) is 0 Å². The zero-order chi connectivity index (χ0) is 8.48. The van der Waals surface area contributed by atoms with Crippen LogP contribution < -0.4 is 0 Å². The lowest BCUT2D eigenvalue weighted by atomic mass is 9.59. The fourth-order valence-corrected chi connectivity index (χ4v) is 1.97. The van der Waals surface area contributed by atoms with Gasteiger partial charge < -0.3 is 0 Å². The highest BCUT2D eigenvalue weighted by Crippen LogP contribution is 2.43. The van der Waals surface area contributed by atoms with Crippen molar-refractivity contribution in [2.24, 2.45) is 11.8 Å². The molecular weight excluding hydrogens is 131 g/mol. The van der Waals surface area contributed by atoms with Gasteiger partial charge in [-0.1, -0.05) is 51.8 Å². The Kier molecular flexibility index (Phi) is 2.67. The maximum atomic E-state index is 6.04. The predicted molar refractivity (Wildman–Crippen MR) is 50.9 cm³/mol. The lowest BCUT2D eigenvalue weighted by Gasteiger charge is -2.36. The minimum absolute atomic E-state index is 0.144. The first-order valence-electron chi connectivity index (χ1n) is 4.80. The molecule has 0 aliphatic heterocycles. The molecule has 62 valence electrons. The van der Waals surface area contributed by atoms with Gasteiger partial charge in [0, 0.05) is 0 Å². The number of hydrogen-bond acceptors (Lipinski definition) is 0. The Bertz CT molecular complexity index is 117. The molecule has 0 saturated heterocycles. The summed E-state index contributed by atoms with van der Waals surface area (Å²) >= 11 is 0. The average Bonchev–Trinajstić information content (AvgIpc) is 1.86. The SMILES string of the molecule is [B]C1(C)CCC(C(C)C)CC1. The van der Waals surface area contributed by atoms with Crippen molar-refractivity contribution in [3.05, 3.63) is 0 Å². The van der Waals surface area contributed by atoms with Gasteiger partial charge in [-0.25, -0.2) is 0 Å². The summed E-state index contributed by atoms with van der Waals surface area (Å²) in [5.74, 6) is 1.79. The van der Waals surface area contributed by atoms with Crippen LogP contribution in [0.3, 0.4) is 0 Å². The summed E-state index contributed by atoms with van der Waals surface area (Å²) in [6.07, 6.45) is 5.11. The van der Waals surface area contributed by atoms with Crippen molar-refractivity contribution in [1.29, 1.82) is 0 Å². The highest BCUT2D eigenvalue weighted by molar-refractivity contribution is 6.14. The third-order valence-electron chi connectivity index (χ3n) is 3.12. The lowest BCUT2D eigenvalue weighted by Crippen LogP contribution is -2.21. The minimum atomic E-state index is 0.144. The largest absolute Gasteiger partial charge is 0.0742 e. The average molecular weight is 150 g/mol. The second-order valence-corrected chi connectivity index (χ2v) is 4.74. The van der Waals surface area contributed by atoms with E-state index in [1.165, 1.54) is 25.7 Å². The molecule has 1 aliphatic carbocycles. The molecule has 0 unspecified atom stereocenters. The quantitative estimate of drug-likeness (QED) is 0.503. The maximum absolute atomic E-state index is 6.04. The zero-order valence-corrected chi connectivity index (χ0v) is 8.06. The minimum Gasteiger partial charge on any atom is -0.0688 e. The molecule has 0 N–H and O–H groups in total. The fraction of sp³-hybridized carbons (Fsp3) is 1.00. The van der Waals surface area contributed by atoms with Crippen molar-refractivity contribution in [1.82, 2.24) is 0 Å². The van der Waals surface area contributed by atoms with Crippen LogP contribution in [0.4, 0.5) is 0 Å². The number of hydrogen-bond donors (Lipinski definition) is 0. The van der Waals surface area contributed by atoms with E-state index >= 15 is 0 Å². The van der Waals surface area contributed by atoms with Gasteiger partial charge in [0.2, 0.25) is 0 Å². The predicted octanol–water partition coefficient (Wildman–Crippen LogP) is 3.18. The van der Waals surface area contributed by atoms with Crippen molar-refractivity contribution >= 4 is 7.85 Å². The van der Waals surface area contributed by atoms with Gasteiger partial charge in [-0.3, -0.25) is 0 Å². The molecule has 1 saturated carbocycles. The van der Waals surface area contributed by atoms with Gasteiger partial charge in [0.25, 0.3) is 0 Å². The van der Waals surface area contributed by atoms with Gasteiger partial charge in [0.1, 0.15) is 0 Å². The van der Waals surface area contributed by atoms with Gasteiger partial charge in [0.05, 0.1) is 7.85 Å². The van der Waals surface area contributed by atoms with E-state index in [4.69, 9.17) is 7.85 Å². The lowest BCUT2D eigenvalue weighted by molar-refractivity contribution is 0.244. The Labute approximate surface area is 72.2 Å². The van der Waals surface area contributed by atoms with Crippen LogP contribution in [0.5, 0.6) is 0 Å². The first-order chi connectivity index (χ1) is 5.01. The third kappa shape index (κ3) is 2.54. The topological polar surface area (TPSA) is 0 Å². The summed E-state index contributed by atoms with van der Waals surface area (Å²) in [4.78, 5) is 0. The normalized spacial score (nSPS) is 39.5. The molecule has 11 heavy (non-hydrogen) atoms. The van der Waals surface area contributed by atoms with Crippen LogP contribution in [0.15, 0.2) is 0 Å². The monoisotopic (exact) mass is 150 g/mol. The van der Waals surface area contributed by atoms with Gasteiger partial charge in [-0.2, -0.15) is 0 Å². The van der Waals surface area contributed by atoms with E-state index in [0.717, 1.165) is 11.8 Å². The molecule has 0 heterocycles. The van der Waals surface area contributed by atoms with Crippen LogP contribution in [-0.2, 0) is 0 Å². The van der Waals surface area contributed by atoms with Gasteiger partial charge in [-0.15, -0.1) is 0 Å². The molecule has 0 aromatic rings. The van der Waals surface area contributed by atoms with Crippen LogP contribution in [0.2, 0.25) is 5.31 Å². The molecule has 0 nitrogen and oxygen atoms in total. The zero-order valence-electron chi connectivity index (χ0n) is 8.06. The van der Waals surface area contributed by atoms with E-state index in [2.05, 4.69) is 20.8 Å². The molecule has 2 radical (unpaired) electrons. The molecule has 1 aliphatic rings. The molecule has 0 atom stereocenters. The van der Waals surface area contributed by atoms with Crippen LogP contribution in [0, 0.1) is 11.8 Å². The van der Waals surface area contributed by atoms with Gasteiger partial charge in [-0.05, 0) is 11.8 Å². The molecule has 0 amide bonds. The van der Waals surface area contributed by atoms with E-state index in [1.807, 2.05) is 0 Å². The van der Waals surface area contributed by atoms with Crippen LogP contribution in [0.25, 0.3) is 0 Å². The Morgan fingerprint density at radius 1 is 1.27 bits per heavy atom. The molecular formula is C10H19B. The van der Waals surface area contributed by atoms with Crippen molar-refractivity contribution < 1.29 is 0 Å². The second-order valence-electron chi connectivity index (χ2n) is 4.74. The standard InChI is InChI=1S/C10H19B/c1-8(2)9-4-6-10(3,11)7-5-9/h8-9H,4-7H2,1-3H3. The molecule has 0 aromatic carbocycles.